The van der Waals surface area contributed by atoms with Crippen LogP contribution in [0.2, 0.25) is 0 Å². The molecule has 0 fully saturated rings. The summed E-state index contributed by atoms with van der Waals surface area (Å²) in [6, 6.07) is 0. The van der Waals surface area contributed by atoms with Gasteiger partial charge in [0.25, 0.3) is 0 Å². The molecule has 0 radical (unpaired) electrons. The first kappa shape index (κ1) is 13.1. The van der Waals surface area contributed by atoms with Gasteiger partial charge in [0.05, 0.1) is 6.10 Å². The molecule has 0 aliphatic rings. The quantitative estimate of drug-likeness (QED) is 0.493. The minimum atomic E-state index is -2.10. The van der Waals surface area contributed by atoms with Crippen LogP contribution >= 0.6 is 0 Å². The van der Waals surface area contributed by atoms with Crippen LogP contribution in [0, 0.1) is 0 Å². The number of hydrogen-bond donors (Lipinski definition) is 1. The summed E-state index contributed by atoms with van der Waals surface area (Å²) in [6.07, 6.45) is 6.14. The second-order valence-corrected chi connectivity index (χ2v) is 3.85. The van der Waals surface area contributed by atoms with Gasteiger partial charge in [-0.1, -0.05) is 39.5 Å². The van der Waals surface area contributed by atoms with Gasteiger partial charge in [-0.2, -0.15) is 4.21 Å². The smallest absolute Gasteiger partial charge is 0.284 e. The van der Waals surface area contributed by atoms with Crippen molar-refractivity contribution in [2.75, 3.05) is 0 Å². The maximum absolute atomic E-state index is 10.4. The normalized spacial score (nSPS) is 15.6. The molecule has 0 rings (SSSR count). The summed E-state index contributed by atoms with van der Waals surface area (Å²) in [5, 5.41) is 0. The topological polar surface area (TPSA) is 46.5 Å². The summed E-state index contributed by atoms with van der Waals surface area (Å²) in [4.78, 5) is 0. The van der Waals surface area contributed by atoms with Crippen molar-refractivity contribution in [3.05, 3.63) is 0 Å². The first-order chi connectivity index (χ1) is 6.20. The monoisotopic (exact) mass is 208 g/mol. The molecular weight excluding hydrogens is 188 g/mol. The first-order valence-corrected chi connectivity index (χ1v) is 6.01. The van der Waals surface area contributed by atoms with Crippen LogP contribution in [0.3, 0.4) is 0 Å². The Morgan fingerprint density at radius 3 is 2.38 bits per heavy atom. The maximum atomic E-state index is 10.4. The molecule has 4 heteroatoms. The standard InChI is InChI=1S/C9H20O3S/c1-3-5-6-8-9(7-4-2)12-13(10)11/h9H,3-8H2,1-2H3,(H,10,11). The lowest BCUT2D eigenvalue weighted by Crippen LogP contribution is -2.13. The van der Waals surface area contributed by atoms with E-state index >= 15 is 0 Å². The number of unbranched alkanes of at least 4 members (excludes halogenated alkanes) is 2. The van der Waals surface area contributed by atoms with Crippen LogP contribution in [-0.2, 0) is 15.5 Å². The van der Waals surface area contributed by atoms with Gasteiger partial charge in [0.15, 0.2) is 0 Å². The lowest BCUT2D eigenvalue weighted by Gasteiger charge is -2.13. The van der Waals surface area contributed by atoms with E-state index in [4.69, 9.17) is 8.74 Å². The Morgan fingerprint density at radius 2 is 1.92 bits per heavy atom. The van der Waals surface area contributed by atoms with Crippen molar-refractivity contribution in [3.8, 4) is 0 Å². The molecule has 3 nitrogen and oxygen atoms in total. The highest BCUT2D eigenvalue weighted by Crippen LogP contribution is 2.12. The zero-order valence-electron chi connectivity index (χ0n) is 8.49. The van der Waals surface area contributed by atoms with Crippen LogP contribution in [0.25, 0.3) is 0 Å². The van der Waals surface area contributed by atoms with E-state index in [0.29, 0.717) is 0 Å². The molecular formula is C9H20O3S. The molecule has 0 spiro atoms. The van der Waals surface area contributed by atoms with E-state index < -0.39 is 11.4 Å². The van der Waals surface area contributed by atoms with Gasteiger partial charge in [-0.15, -0.1) is 0 Å². The third-order valence-corrected chi connectivity index (χ3v) is 2.40. The summed E-state index contributed by atoms with van der Waals surface area (Å²) < 4.78 is 23.8. The second-order valence-electron chi connectivity index (χ2n) is 3.22. The van der Waals surface area contributed by atoms with Crippen LogP contribution in [0.4, 0.5) is 0 Å². The minimum absolute atomic E-state index is 0.0395. The van der Waals surface area contributed by atoms with Crippen LogP contribution in [0.5, 0.6) is 0 Å². The SMILES string of the molecule is CCCCCC(CCC)OS(=O)O. The molecule has 80 valence electrons. The Balaban J connectivity index is 3.59. The molecule has 1 N–H and O–H groups in total. The van der Waals surface area contributed by atoms with E-state index in [0.717, 1.165) is 25.7 Å². The number of hydrogen-bond acceptors (Lipinski definition) is 2. The molecule has 0 bridgehead atoms. The highest BCUT2D eigenvalue weighted by atomic mass is 32.2. The molecule has 2 unspecified atom stereocenters. The van der Waals surface area contributed by atoms with Crippen LogP contribution < -0.4 is 0 Å². The van der Waals surface area contributed by atoms with Crippen molar-refractivity contribution in [1.82, 2.24) is 0 Å². The Morgan fingerprint density at radius 1 is 1.23 bits per heavy atom. The Labute approximate surface area is 83.4 Å². The lowest BCUT2D eigenvalue weighted by atomic mass is 10.1. The molecule has 0 saturated heterocycles. The summed E-state index contributed by atoms with van der Waals surface area (Å²) in [5.74, 6) is 0. The zero-order valence-corrected chi connectivity index (χ0v) is 9.31. The maximum Gasteiger partial charge on any atom is 0.302 e. The Hall–Kier alpha value is 0.0700. The molecule has 0 saturated carbocycles. The average molecular weight is 208 g/mol. The van der Waals surface area contributed by atoms with E-state index in [2.05, 4.69) is 13.8 Å². The molecule has 0 aromatic carbocycles. The fraction of sp³-hybridized carbons (Fsp3) is 1.00. The van der Waals surface area contributed by atoms with E-state index in [9.17, 15) is 4.21 Å². The fourth-order valence-electron chi connectivity index (χ4n) is 1.30. The molecule has 0 heterocycles. The molecule has 13 heavy (non-hydrogen) atoms. The van der Waals surface area contributed by atoms with Crippen molar-refractivity contribution in [2.24, 2.45) is 0 Å². The molecule has 0 aromatic heterocycles. The molecule has 2 atom stereocenters. The molecule has 0 aromatic rings. The summed E-state index contributed by atoms with van der Waals surface area (Å²) in [6.45, 7) is 4.19. The minimum Gasteiger partial charge on any atom is -0.284 e. The Kier molecular flexibility index (Phi) is 8.71. The van der Waals surface area contributed by atoms with Crippen LogP contribution in [0.1, 0.15) is 52.4 Å². The van der Waals surface area contributed by atoms with E-state index in [1.54, 1.807) is 0 Å². The summed E-state index contributed by atoms with van der Waals surface area (Å²) >= 11 is -2.10. The lowest BCUT2D eigenvalue weighted by molar-refractivity contribution is 0.179. The molecule has 0 aliphatic carbocycles. The zero-order chi connectivity index (χ0) is 10.1. The fourth-order valence-corrected chi connectivity index (χ4v) is 1.73. The van der Waals surface area contributed by atoms with Gasteiger partial charge in [0, 0.05) is 0 Å². The predicted molar refractivity (Wildman–Crippen MR) is 54.7 cm³/mol. The van der Waals surface area contributed by atoms with E-state index in [1.807, 2.05) is 0 Å². The highest BCUT2D eigenvalue weighted by molar-refractivity contribution is 7.74. The van der Waals surface area contributed by atoms with Gasteiger partial charge in [0.2, 0.25) is 0 Å². The molecule has 0 aliphatic heterocycles. The van der Waals surface area contributed by atoms with Crippen molar-refractivity contribution >= 4 is 11.4 Å². The van der Waals surface area contributed by atoms with Gasteiger partial charge < -0.3 is 0 Å². The van der Waals surface area contributed by atoms with Gasteiger partial charge in [-0.25, -0.2) is 0 Å². The van der Waals surface area contributed by atoms with E-state index in [1.165, 1.54) is 12.8 Å². The van der Waals surface area contributed by atoms with Gasteiger partial charge in [-0.3, -0.25) is 8.74 Å². The van der Waals surface area contributed by atoms with Crippen LogP contribution in [-0.4, -0.2) is 14.9 Å². The van der Waals surface area contributed by atoms with Gasteiger partial charge in [0.1, 0.15) is 0 Å². The van der Waals surface area contributed by atoms with Crippen molar-refractivity contribution < 1.29 is 12.9 Å². The average Bonchev–Trinajstić information content (AvgIpc) is 2.04. The first-order valence-electron chi connectivity index (χ1n) is 4.98. The number of rotatable bonds is 8. The third kappa shape index (κ3) is 8.40. The highest BCUT2D eigenvalue weighted by Gasteiger charge is 2.10. The second kappa shape index (κ2) is 8.66. The van der Waals surface area contributed by atoms with Gasteiger partial charge >= 0.3 is 11.4 Å². The van der Waals surface area contributed by atoms with Crippen molar-refractivity contribution in [2.45, 2.75) is 58.5 Å². The Bertz CT molecular complexity index is 139. The largest absolute Gasteiger partial charge is 0.302 e. The van der Waals surface area contributed by atoms with Gasteiger partial charge in [-0.05, 0) is 12.8 Å². The predicted octanol–water partition coefficient (Wildman–Crippen LogP) is 2.89. The summed E-state index contributed by atoms with van der Waals surface area (Å²) in [7, 11) is 0. The molecule has 0 amide bonds. The van der Waals surface area contributed by atoms with Crippen molar-refractivity contribution in [3.63, 3.8) is 0 Å². The summed E-state index contributed by atoms with van der Waals surface area (Å²) in [5.41, 5.74) is 0. The van der Waals surface area contributed by atoms with Crippen LogP contribution in [0.15, 0.2) is 0 Å². The van der Waals surface area contributed by atoms with Crippen molar-refractivity contribution in [1.29, 1.82) is 0 Å². The third-order valence-electron chi connectivity index (χ3n) is 1.96. The van der Waals surface area contributed by atoms with E-state index in [-0.39, 0.29) is 6.10 Å².